The molecule has 0 bridgehead atoms. The Morgan fingerprint density at radius 3 is 2.70 bits per heavy atom. The number of rotatable bonds is 4. The minimum absolute atomic E-state index is 0.159. The third-order valence-electron chi connectivity index (χ3n) is 3.53. The summed E-state index contributed by atoms with van der Waals surface area (Å²) in [5.41, 5.74) is 0.836. The van der Waals surface area contributed by atoms with Gasteiger partial charge < -0.3 is 10.1 Å². The summed E-state index contributed by atoms with van der Waals surface area (Å²) in [4.78, 5) is 35.6. The van der Waals surface area contributed by atoms with E-state index in [-0.39, 0.29) is 6.04 Å². The number of aryl methyl sites for hydroxylation is 1. The van der Waals surface area contributed by atoms with Crippen LogP contribution in [0.25, 0.3) is 10.1 Å². The number of carbonyl (C=O) groups is 3. The number of esters is 1. The molecule has 2 aromatic rings. The van der Waals surface area contributed by atoms with Gasteiger partial charge in [-0.1, -0.05) is 18.2 Å². The van der Waals surface area contributed by atoms with Gasteiger partial charge in [-0.25, -0.2) is 9.59 Å². The van der Waals surface area contributed by atoms with Crippen molar-refractivity contribution >= 4 is 39.3 Å². The lowest BCUT2D eigenvalue weighted by Crippen LogP contribution is -2.42. The molecule has 3 amide bonds. The predicted octanol–water partition coefficient (Wildman–Crippen LogP) is 2.35. The van der Waals surface area contributed by atoms with Gasteiger partial charge in [0.15, 0.2) is 6.61 Å². The van der Waals surface area contributed by atoms with Crippen LogP contribution in [0.15, 0.2) is 24.3 Å². The number of benzene rings is 1. The van der Waals surface area contributed by atoms with Crippen molar-refractivity contribution < 1.29 is 19.1 Å². The van der Waals surface area contributed by atoms with Gasteiger partial charge in [0.2, 0.25) is 0 Å². The fourth-order valence-electron chi connectivity index (χ4n) is 2.18. The minimum atomic E-state index is -0.643. The summed E-state index contributed by atoms with van der Waals surface area (Å²) < 4.78 is 5.99. The number of urea groups is 1. The Morgan fingerprint density at radius 2 is 2.00 bits per heavy atom. The van der Waals surface area contributed by atoms with E-state index in [9.17, 15) is 14.4 Å². The average molecular weight is 332 g/mol. The third-order valence-corrected chi connectivity index (χ3v) is 4.78. The van der Waals surface area contributed by atoms with Crippen LogP contribution in [0.4, 0.5) is 4.79 Å². The molecule has 1 fully saturated rings. The Kier molecular flexibility index (Phi) is 4.29. The molecular weight excluding hydrogens is 316 g/mol. The highest BCUT2D eigenvalue weighted by Gasteiger charge is 2.24. The van der Waals surface area contributed by atoms with Gasteiger partial charge >= 0.3 is 12.0 Å². The van der Waals surface area contributed by atoms with Gasteiger partial charge in [-0.15, -0.1) is 11.3 Å². The van der Waals surface area contributed by atoms with Crippen LogP contribution in [0.1, 0.15) is 28.1 Å². The molecule has 0 radical (unpaired) electrons. The van der Waals surface area contributed by atoms with E-state index < -0.39 is 24.5 Å². The standard InChI is InChI=1S/C16H16N2O4S/c1-9-11-4-2-3-5-12(11)23-14(9)15(20)22-8-13(19)18-16(21)17-10-6-7-10/h2-5,10H,6-8H2,1H3,(H2,17,18,19,21). The Bertz CT molecular complexity index is 779. The average Bonchev–Trinajstić information content (AvgIpc) is 3.27. The van der Waals surface area contributed by atoms with Gasteiger partial charge in [0.05, 0.1) is 0 Å². The molecule has 0 atom stereocenters. The van der Waals surface area contributed by atoms with Crippen LogP contribution in [0.3, 0.4) is 0 Å². The number of imide groups is 1. The number of fused-ring (bicyclic) bond motifs is 1. The van der Waals surface area contributed by atoms with Crippen molar-refractivity contribution in [1.82, 2.24) is 10.6 Å². The molecule has 3 rings (SSSR count). The van der Waals surface area contributed by atoms with Crippen LogP contribution < -0.4 is 10.6 Å². The fraction of sp³-hybridized carbons (Fsp3) is 0.312. The Morgan fingerprint density at radius 1 is 1.26 bits per heavy atom. The molecule has 0 aliphatic heterocycles. The molecule has 0 spiro atoms. The van der Waals surface area contributed by atoms with Crippen LogP contribution in [-0.2, 0) is 9.53 Å². The van der Waals surface area contributed by atoms with Crippen molar-refractivity contribution in [3.05, 3.63) is 34.7 Å². The maximum atomic E-state index is 12.1. The molecular formula is C16H16N2O4S. The molecule has 1 aliphatic rings. The van der Waals surface area contributed by atoms with Gasteiger partial charge in [-0.3, -0.25) is 10.1 Å². The quantitative estimate of drug-likeness (QED) is 0.842. The molecule has 2 N–H and O–H groups in total. The maximum Gasteiger partial charge on any atom is 0.349 e. The summed E-state index contributed by atoms with van der Waals surface area (Å²) in [6.07, 6.45) is 1.86. The highest BCUT2D eigenvalue weighted by molar-refractivity contribution is 7.21. The highest BCUT2D eigenvalue weighted by atomic mass is 32.1. The number of ether oxygens (including phenoxy) is 1. The van der Waals surface area contributed by atoms with E-state index in [4.69, 9.17) is 4.74 Å². The van der Waals surface area contributed by atoms with Gasteiger partial charge in [0.25, 0.3) is 5.91 Å². The van der Waals surface area contributed by atoms with Crippen molar-refractivity contribution in [3.63, 3.8) is 0 Å². The van der Waals surface area contributed by atoms with E-state index in [1.807, 2.05) is 31.2 Å². The zero-order chi connectivity index (χ0) is 16.4. The Hall–Kier alpha value is -2.41. The minimum Gasteiger partial charge on any atom is -0.451 e. The number of carbonyl (C=O) groups excluding carboxylic acids is 3. The summed E-state index contributed by atoms with van der Waals surface area (Å²) in [6.45, 7) is 1.36. The van der Waals surface area contributed by atoms with Gasteiger partial charge in [0, 0.05) is 10.7 Å². The zero-order valence-corrected chi connectivity index (χ0v) is 13.4. The summed E-state index contributed by atoms with van der Waals surface area (Å²) in [5, 5.41) is 5.76. The van der Waals surface area contributed by atoms with Crippen molar-refractivity contribution in [2.75, 3.05) is 6.61 Å². The van der Waals surface area contributed by atoms with Crippen LogP contribution in [0, 0.1) is 6.92 Å². The second-order valence-electron chi connectivity index (χ2n) is 5.42. The molecule has 1 saturated carbocycles. The van der Waals surface area contributed by atoms with Crippen LogP contribution >= 0.6 is 11.3 Å². The first-order chi connectivity index (χ1) is 11.0. The molecule has 1 aromatic heterocycles. The van der Waals surface area contributed by atoms with E-state index in [0.717, 1.165) is 28.5 Å². The first-order valence-electron chi connectivity index (χ1n) is 7.30. The van der Waals surface area contributed by atoms with Crippen LogP contribution in [0.5, 0.6) is 0 Å². The molecule has 120 valence electrons. The molecule has 1 aromatic carbocycles. The highest BCUT2D eigenvalue weighted by Crippen LogP contribution is 2.30. The monoisotopic (exact) mass is 332 g/mol. The lowest BCUT2D eigenvalue weighted by atomic mass is 10.1. The molecule has 23 heavy (non-hydrogen) atoms. The van der Waals surface area contributed by atoms with E-state index in [1.165, 1.54) is 11.3 Å². The van der Waals surface area contributed by atoms with Crippen molar-refractivity contribution in [1.29, 1.82) is 0 Å². The van der Waals surface area contributed by atoms with Crippen LogP contribution in [0.2, 0.25) is 0 Å². The van der Waals surface area contributed by atoms with E-state index in [1.54, 1.807) is 0 Å². The summed E-state index contributed by atoms with van der Waals surface area (Å²) in [6, 6.07) is 7.28. The largest absolute Gasteiger partial charge is 0.451 e. The SMILES string of the molecule is Cc1c(C(=O)OCC(=O)NC(=O)NC2CC2)sc2ccccc12. The predicted molar refractivity (Wildman–Crippen MR) is 86.5 cm³/mol. The molecule has 1 heterocycles. The number of amides is 3. The first kappa shape index (κ1) is 15.5. The fourth-order valence-corrected chi connectivity index (χ4v) is 3.28. The van der Waals surface area contributed by atoms with Crippen molar-refractivity contribution in [2.24, 2.45) is 0 Å². The Balaban J connectivity index is 1.56. The summed E-state index contributed by atoms with van der Waals surface area (Å²) >= 11 is 1.33. The first-order valence-corrected chi connectivity index (χ1v) is 8.12. The molecule has 0 unspecified atom stereocenters. The van der Waals surface area contributed by atoms with Gasteiger partial charge in [0.1, 0.15) is 4.88 Å². The lowest BCUT2D eigenvalue weighted by molar-refractivity contribution is -0.123. The van der Waals surface area contributed by atoms with Gasteiger partial charge in [-0.2, -0.15) is 0 Å². The molecule has 0 saturated heterocycles. The topological polar surface area (TPSA) is 84.5 Å². The zero-order valence-electron chi connectivity index (χ0n) is 12.5. The smallest absolute Gasteiger partial charge is 0.349 e. The number of hydrogen-bond acceptors (Lipinski definition) is 5. The lowest BCUT2D eigenvalue weighted by Gasteiger charge is -2.06. The summed E-state index contributed by atoms with van der Waals surface area (Å²) in [7, 11) is 0. The third kappa shape index (κ3) is 3.68. The van der Waals surface area contributed by atoms with Crippen molar-refractivity contribution in [2.45, 2.75) is 25.8 Å². The second kappa shape index (κ2) is 6.37. The van der Waals surface area contributed by atoms with Gasteiger partial charge in [-0.05, 0) is 36.8 Å². The van der Waals surface area contributed by atoms with E-state index in [2.05, 4.69) is 10.6 Å². The molecule has 6 nitrogen and oxygen atoms in total. The van der Waals surface area contributed by atoms with E-state index >= 15 is 0 Å². The Labute approximate surface area is 136 Å². The maximum absolute atomic E-state index is 12.1. The second-order valence-corrected chi connectivity index (χ2v) is 6.48. The number of hydrogen-bond donors (Lipinski definition) is 2. The van der Waals surface area contributed by atoms with Crippen molar-refractivity contribution in [3.8, 4) is 0 Å². The molecule has 1 aliphatic carbocycles. The normalized spacial score (nSPS) is 13.6. The van der Waals surface area contributed by atoms with Crippen LogP contribution in [-0.4, -0.2) is 30.6 Å². The number of thiophene rings is 1. The molecule has 7 heteroatoms. The number of nitrogens with one attached hydrogen (secondary N) is 2. The summed E-state index contributed by atoms with van der Waals surface area (Å²) in [5.74, 6) is -1.20. The van der Waals surface area contributed by atoms with E-state index in [0.29, 0.717) is 4.88 Å².